The van der Waals surface area contributed by atoms with Crippen LogP contribution in [0.3, 0.4) is 0 Å². The van der Waals surface area contributed by atoms with Crippen molar-refractivity contribution >= 4 is 5.91 Å². The normalized spacial score (nSPS) is 9.71. The molecule has 0 aliphatic rings. The standard InChI is InChI=1S/C16H15N3O2/c1-12-3-2-8-18-15(12)10-19-16(20)11-21-14-6-4-13(9-17)5-7-14/h2-8H,10-11H2,1H3,(H,19,20). The molecule has 0 radical (unpaired) electrons. The highest BCUT2D eigenvalue weighted by molar-refractivity contribution is 5.77. The molecule has 1 aromatic carbocycles. The van der Waals surface area contributed by atoms with Crippen LogP contribution in [0, 0.1) is 18.3 Å². The second-order valence-corrected chi connectivity index (χ2v) is 4.47. The number of aromatic nitrogens is 1. The number of carbonyl (C=O) groups excluding carboxylic acids is 1. The number of aryl methyl sites for hydroxylation is 1. The van der Waals surface area contributed by atoms with Crippen LogP contribution in [0.1, 0.15) is 16.8 Å². The molecule has 0 spiro atoms. The predicted octanol–water partition coefficient (Wildman–Crippen LogP) is 1.96. The van der Waals surface area contributed by atoms with Gasteiger partial charge in [-0.25, -0.2) is 0 Å². The van der Waals surface area contributed by atoms with E-state index in [1.807, 2.05) is 25.1 Å². The van der Waals surface area contributed by atoms with Crippen molar-refractivity contribution in [1.29, 1.82) is 5.26 Å². The van der Waals surface area contributed by atoms with Crippen LogP contribution in [0.15, 0.2) is 42.6 Å². The third kappa shape index (κ3) is 4.32. The molecule has 21 heavy (non-hydrogen) atoms. The highest BCUT2D eigenvalue weighted by atomic mass is 16.5. The number of rotatable bonds is 5. The molecule has 0 saturated heterocycles. The summed E-state index contributed by atoms with van der Waals surface area (Å²) in [5, 5.41) is 11.4. The van der Waals surface area contributed by atoms with Crippen molar-refractivity contribution in [3.8, 4) is 11.8 Å². The van der Waals surface area contributed by atoms with Gasteiger partial charge in [0.25, 0.3) is 5.91 Å². The third-order valence-corrected chi connectivity index (χ3v) is 2.92. The van der Waals surface area contributed by atoms with Crippen LogP contribution in [0.25, 0.3) is 0 Å². The van der Waals surface area contributed by atoms with Crippen LogP contribution in [0.4, 0.5) is 0 Å². The fraction of sp³-hybridized carbons (Fsp3) is 0.188. The summed E-state index contributed by atoms with van der Waals surface area (Å²) in [6, 6.07) is 12.4. The van der Waals surface area contributed by atoms with Gasteiger partial charge in [0.05, 0.1) is 23.9 Å². The minimum Gasteiger partial charge on any atom is -0.484 e. The predicted molar refractivity (Wildman–Crippen MR) is 77.5 cm³/mol. The van der Waals surface area contributed by atoms with E-state index in [1.54, 1.807) is 30.5 Å². The molecule has 2 aromatic rings. The van der Waals surface area contributed by atoms with Crippen LogP contribution >= 0.6 is 0 Å². The molecule has 5 heteroatoms. The quantitative estimate of drug-likeness (QED) is 0.909. The number of amides is 1. The van der Waals surface area contributed by atoms with Crippen molar-refractivity contribution < 1.29 is 9.53 Å². The van der Waals surface area contributed by atoms with E-state index in [0.717, 1.165) is 11.3 Å². The van der Waals surface area contributed by atoms with Gasteiger partial charge in [0.2, 0.25) is 0 Å². The molecule has 1 heterocycles. The van der Waals surface area contributed by atoms with Crippen LogP contribution in [0.2, 0.25) is 0 Å². The lowest BCUT2D eigenvalue weighted by Gasteiger charge is -2.08. The number of hydrogen-bond acceptors (Lipinski definition) is 4. The Morgan fingerprint density at radius 2 is 2.10 bits per heavy atom. The van der Waals surface area contributed by atoms with E-state index in [2.05, 4.69) is 10.3 Å². The van der Waals surface area contributed by atoms with Gasteiger partial charge in [0, 0.05) is 6.20 Å². The molecule has 0 atom stereocenters. The van der Waals surface area contributed by atoms with E-state index >= 15 is 0 Å². The first-order valence-electron chi connectivity index (χ1n) is 6.49. The Labute approximate surface area is 123 Å². The van der Waals surface area contributed by atoms with E-state index in [4.69, 9.17) is 10.00 Å². The molecule has 5 nitrogen and oxygen atoms in total. The van der Waals surface area contributed by atoms with Gasteiger partial charge in [-0.05, 0) is 42.8 Å². The van der Waals surface area contributed by atoms with Crippen LogP contribution in [0.5, 0.6) is 5.75 Å². The van der Waals surface area contributed by atoms with Gasteiger partial charge in [0.15, 0.2) is 6.61 Å². The molecule has 2 rings (SSSR count). The van der Waals surface area contributed by atoms with Gasteiger partial charge in [-0.3, -0.25) is 9.78 Å². The summed E-state index contributed by atoms with van der Waals surface area (Å²) in [5.74, 6) is 0.336. The van der Waals surface area contributed by atoms with Gasteiger partial charge in [-0.2, -0.15) is 5.26 Å². The van der Waals surface area contributed by atoms with Gasteiger partial charge in [-0.1, -0.05) is 6.07 Å². The number of carbonyl (C=O) groups is 1. The van der Waals surface area contributed by atoms with Crippen molar-refractivity contribution in [2.24, 2.45) is 0 Å². The van der Waals surface area contributed by atoms with E-state index in [0.29, 0.717) is 17.9 Å². The van der Waals surface area contributed by atoms with Gasteiger partial charge in [-0.15, -0.1) is 0 Å². The monoisotopic (exact) mass is 281 g/mol. The molecule has 1 N–H and O–H groups in total. The SMILES string of the molecule is Cc1cccnc1CNC(=O)COc1ccc(C#N)cc1. The maximum absolute atomic E-state index is 11.7. The van der Waals surface area contributed by atoms with Crippen molar-refractivity contribution in [1.82, 2.24) is 10.3 Å². The van der Waals surface area contributed by atoms with Crippen molar-refractivity contribution in [2.75, 3.05) is 6.61 Å². The van der Waals surface area contributed by atoms with E-state index in [-0.39, 0.29) is 12.5 Å². The molecule has 0 unspecified atom stereocenters. The Hall–Kier alpha value is -2.87. The molecular formula is C16H15N3O2. The Morgan fingerprint density at radius 3 is 2.76 bits per heavy atom. The zero-order chi connectivity index (χ0) is 15.1. The summed E-state index contributed by atoms with van der Waals surface area (Å²) < 4.78 is 5.34. The second kappa shape index (κ2) is 7.06. The lowest BCUT2D eigenvalue weighted by atomic mass is 10.2. The zero-order valence-corrected chi connectivity index (χ0v) is 11.7. The van der Waals surface area contributed by atoms with Crippen molar-refractivity contribution in [2.45, 2.75) is 13.5 Å². The first-order valence-corrected chi connectivity index (χ1v) is 6.49. The smallest absolute Gasteiger partial charge is 0.258 e. The third-order valence-electron chi connectivity index (χ3n) is 2.92. The molecule has 0 fully saturated rings. The van der Waals surface area contributed by atoms with Crippen LogP contribution in [-0.4, -0.2) is 17.5 Å². The number of benzene rings is 1. The Balaban J connectivity index is 1.79. The highest BCUT2D eigenvalue weighted by Crippen LogP contribution is 2.11. The van der Waals surface area contributed by atoms with E-state index in [1.165, 1.54) is 0 Å². The number of pyridine rings is 1. The van der Waals surface area contributed by atoms with Crippen LogP contribution in [-0.2, 0) is 11.3 Å². The Morgan fingerprint density at radius 1 is 1.33 bits per heavy atom. The largest absolute Gasteiger partial charge is 0.484 e. The van der Waals surface area contributed by atoms with E-state index < -0.39 is 0 Å². The molecule has 0 aliphatic heterocycles. The fourth-order valence-corrected chi connectivity index (χ4v) is 1.71. The zero-order valence-electron chi connectivity index (χ0n) is 11.7. The fourth-order valence-electron chi connectivity index (χ4n) is 1.71. The molecule has 1 aromatic heterocycles. The van der Waals surface area contributed by atoms with Gasteiger partial charge >= 0.3 is 0 Å². The molecule has 1 amide bonds. The Kier molecular flexibility index (Phi) is 4.89. The topological polar surface area (TPSA) is 75.0 Å². The maximum Gasteiger partial charge on any atom is 0.258 e. The highest BCUT2D eigenvalue weighted by Gasteiger charge is 2.05. The van der Waals surface area contributed by atoms with Gasteiger partial charge < -0.3 is 10.1 Å². The lowest BCUT2D eigenvalue weighted by Crippen LogP contribution is -2.29. The van der Waals surface area contributed by atoms with Gasteiger partial charge in [0.1, 0.15) is 5.75 Å². The number of nitriles is 1. The number of nitrogens with zero attached hydrogens (tertiary/aromatic N) is 2. The van der Waals surface area contributed by atoms with E-state index in [9.17, 15) is 4.79 Å². The minimum atomic E-state index is -0.218. The second-order valence-electron chi connectivity index (χ2n) is 4.47. The summed E-state index contributed by atoms with van der Waals surface area (Å²) in [4.78, 5) is 15.9. The van der Waals surface area contributed by atoms with Crippen LogP contribution < -0.4 is 10.1 Å². The summed E-state index contributed by atoms with van der Waals surface area (Å²) >= 11 is 0. The average molecular weight is 281 g/mol. The Bertz CT molecular complexity index is 660. The molecule has 0 bridgehead atoms. The summed E-state index contributed by atoms with van der Waals surface area (Å²) in [7, 11) is 0. The number of nitrogens with one attached hydrogen (secondary N) is 1. The summed E-state index contributed by atoms with van der Waals surface area (Å²) in [6.07, 6.45) is 1.70. The molecule has 0 saturated carbocycles. The maximum atomic E-state index is 11.7. The molecule has 0 aliphatic carbocycles. The summed E-state index contributed by atoms with van der Waals surface area (Å²) in [5.41, 5.74) is 2.42. The average Bonchev–Trinajstić information content (AvgIpc) is 2.52. The lowest BCUT2D eigenvalue weighted by molar-refractivity contribution is -0.123. The minimum absolute atomic E-state index is 0.0716. The summed E-state index contributed by atoms with van der Waals surface area (Å²) in [6.45, 7) is 2.25. The molecule has 106 valence electrons. The number of ether oxygens (including phenoxy) is 1. The van der Waals surface area contributed by atoms with Crippen molar-refractivity contribution in [3.63, 3.8) is 0 Å². The number of hydrogen-bond donors (Lipinski definition) is 1. The first kappa shape index (κ1) is 14.5. The van der Waals surface area contributed by atoms with Crippen molar-refractivity contribution in [3.05, 3.63) is 59.4 Å². The first-order chi connectivity index (χ1) is 10.2. The molecular weight excluding hydrogens is 266 g/mol.